The standard InChI is InChI=1S/C15H9Cl2N3O2S/c16-11-2-1-10(7-12(11)17)13(21)8-20-15(23)22-14(19-20)9-3-5-18-6-4-9/h1-7H,8H2. The van der Waals surface area contributed by atoms with E-state index in [-0.39, 0.29) is 17.2 Å². The Labute approximate surface area is 146 Å². The van der Waals surface area contributed by atoms with E-state index in [1.807, 2.05) is 0 Å². The highest BCUT2D eigenvalue weighted by Gasteiger charge is 2.13. The molecule has 0 atom stereocenters. The fourth-order valence-corrected chi connectivity index (χ4v) is 2.40. The third-order valence-electron chi connectivity index (χ3n) is 3.07. The minimum Gasteiger partial charge on any atom is -0.409 e. The normalized spacial score (nSPS) is 10.7. The summed E-state index contributed by atoms with van der Waals surface area (Å²) in [7, 11) is 0. The third-order valence-corrected chi connectivity index (χ3v) is 4.10. The van der Waals surface area contributed by atoms with Gasteiger partial charge in [-0.3, -0.25) is 9.78 Å². The van der Waals surface area contributed by atoms with Crippen LogP contribution >= 0.6 is 35.4 Å². The Hall–Kier alpha value is -2.02. The van der Waals surface area contributed by atoms with E-state index < -0.39 is 0 Å². The molecular formula is C15H9Cl2N3O2S. The zero-order valence-corrected chi connectivity index (χ0v) is 13.9. The second-order valence-electron chi connectivity index (χ2n) is 4.62. The van der Waals surface area contributed by atoms with Crippen LogP contribution in [0.15, 0.2) is 47.1 Å². The van der Waals surface area contributed by atoms with Gasteiger partial charge in [-0.15, -0.1) is 5.10 Å². The molecule has 0 radical (unpaired) electrons. The van der Waals surface area contributed by atoms with Gasteiger partial charge in [-0.1, -0.05) is 23.2 Å². The Bertz CT molecular complexity index is 922. The predicted octanol–water partition coefficient (Wildman–Crippen LogP) is 4.46. The Morgan fingerprint density at radius 3 is 2.61 bits per heavy atom. The Balaban J connectivity index is 1.86. The maximum absolute atomic E-state index is 12.3. The molecule has 3 aromatic rings. The zero-order valence-electron chi connectivity index (χ0n) is 11.6. The van der Waals surface area contributed by atoms with Gasteiger partial charge in [-0.2, -0.15) is 0 Å². The van der Waals surface area contributed by atoms with Crippen LogP contribution in [0.2, 0.25) is 10.0 Å². The topological polar surface area (TPSA) is 60.9 Å². The van der Waals surface area contributed by atoms with Crippen LogP contribution in [0.1, 0.15) is 10.4 Å². The van der Waals surface area contributed by atoms with E-state index in [4.69, 9.17) is 39.8 Å². The quantitative estimate of drug-likeness (QED) is 0.504. The summed E-state index contributed by atoms with van der Waals surface area (Å²) in [6.45, 7) is -0.0502. The number of Topliss-reactive ketones (excluding diaryl/α,β-unsaturated/α-hetero) is 1. The van der Waals surface area contributed by atoms with Gasteiger partial charge < -0.3 is 4.42 Å². The summed E-state index contributed by atoms with van der Waals surface area (Å²) >= 11 is 16.9. The number of hydrogen-bond acceptors (Lipinski definition) is 5. The van der Waals surface area contributed by atoms with Crippen molar-refractivity contribution in [3.63, 3.8) is 0 Å². The lowest BCUT2D eigenvalue weighted by Crippen LogP contribution is -2.11. The van der Waals surface area contributed by atoms with Crippen molar-refractivity contribution in [1.82, 2.24) is 14.8 Å². The molecular weight excluding hydrogens is 357 g/mol. The van der Waals surface area contributed by atoms with Crippen LogP contribution in [-0.2, 0) is 6.54 Å². The van der Waals surface area contributed by atoms with Crippen molar-refractivity contribution in [2.45, 2.75) is 6.54 Å². The van der Waals surface area contributed by atoms with Crippen molar-refractivity contribution in [2.24, 2.45) is 0 Å². The molecule has 0 aliphatic rings. The fraction of sp³-hybridized carbons (Fsp3) is 0.0667. The number of benzene rings is 1. The molecule has 0 aliphatic carbocycles. The number of aromatic nitrogens is 3. The highest BCUT2D eigenvalue weighted by Crippen LogP contribution is 2.23. The van der Waals surface area contributed by atoms with Gasteiger partial charge in [0.1, 0.15) is 6.54 Å². The Morgan fingerprint density at radius 1 is 1.17 bits per heavy atom. The van der Waals surface area contributed by atoms with Gasteiger partial charge in [-0.25, -0.2) is 4.68 Å². The maximum atomic E-state index is 12.3. The molecule has 0 amide bonds. The fourth-order valence-electron chi connectivity index (χ4n) is 1.91. The molecule has 0 fully saturated rings. The SMILES string of the molecule is O=C(Cn1nc(-c2ccncc2)oc1=S)c1ccc(Cl)c(Cl)c1. The molecule has 0 spiro atoms. The molecule has 0 aliphatic heterocycles. The highest BCUT2D eigenvalue weighted by atomic mass is 35.5. The molecule has 2 aromatic heterocycles. The van der Waals surface area contributed by atoms with E-state index >= 15 is 0 Å². The number of ketones is 1. The molecule has 0 saturated heterocycles. The molecule has 5 nitrogen and oxygen atoms in total. The van der Waals surface area contributed by atoms with Crippen LogP contribution in [0.3, 0.4) is 0 Å². The first kappa shape index (κ1) is 15.9. The number of nitrogens with zero attached hydrogens (tertiary/aromatic N) is 3. The van der Waals surface area contributed by atoms with E-state index in [0.29, 0.717) is 21.5 Å². The average Bonchev–Trinajstić information content (AvgIpc) is 2.92. The number of carbonyl (C=O) groups excluding carboxylic acids is 1. The predicted molar refractivity (Wildman–Crippen MR) is 89.4 cm³/mol. The second-order valence-corrected chi connectivity index (χ2v) is 5.78. The van der Waals surface area contributed by atoms with E-state index in [1.165, 1.54) is 10.7 Å². The number of hydrogen-bond donors (Lipinski definition) is 0. The summed E-state index contributed by atoms with van der Waals surface area (Å²) in [4.78, 5) is 16.4. The molecule has 0 bridgehead atoms. The molecule has 3 rings (SSSR count). The number of rotatable bonds is 4. The van der Waals surface area contributed by atoms with Crippen molar-refractivity contribution in [3.8, 4) is 11.5 Å². The summed E-state index contributed by atoms with van der Waals surface area (Å²) in [6, 6.07) is 8.17. The Kier molecular flexibility index (Phi) is 4.56. The van der Waals surface area contributed by atoms with Crippen LogP contribution in [0.4, 0.5) is 0 Å². The van der Waals surface area contributed by atoms with Gasteiger partial charge in [0.15, 0.2) is 5.78 Å². The van der Waals surface area contributed by atoms with Crippen LogP contribution < -0.4 is 0 Å². The number of halogens is 2. The van der Waals surface area contributed by atoms with E-state index in [0.717, 1.165) is 5.56 Å². The summed E-state index contributed by atoms with van der Waals surface area (Å²) in [6.07, 6.45) is 3.24. The van der Waals surface area contributed by atoms with Gasteiger partial charge in [0, 0.05) is 23.5 Å². The monoisotopic (exact) mass is 365 g/mol. The van der Waals surface area contributed by atoms with Gasteiger partial charge >= 0.3 is 0 Å². The number of carbonyl (C=O) groups is 1. The summed E-state index contributed by atoms with van der Waals surface area (Å²) in [5, 5.41) is 4.93. The van der Waals surface area contributed by atoms with Crippen molar-refractivity contribution in [3.05, 3.63) is 63.2 Å². The van der Waals surface area contributed by atoms with Crippen molar-refractivity contribution in [2.75, 3.05) is 0 Å². The first-order valence-corrected chi connectivity index (χ1v) is 7.67. The summed E-state index contributed by atoms with van der Waals surface area (Å²) in [5.41, 5.74) is 1.15. The van der Waals surface area contributed by atoms with Crippen molar-refractivity contribution >= 4 is 41.2 Å². The first-order valence-electron chi connectivity index (χ1n) is 6.51. The van der Waals surface area contributed by atoms with Crippen LogP contribution in [-0.4, -0.2) is 20.5 Å². The largest absolute Gasteiger partial charge is 0.409 e. The number of pyridine rings is 1. The molecule has 23 heavy (non-hydrogen) atoms. The zero-order chi connectivity index (χ0) is 16.4. The summed E-state index contributed by atoms with van der Waals surface area (Å²) in [5.74, 6) is 0.133. The lowest BCUT2D eigenvalue weighted by Gasteiger charge is -2.02. The molecule has 0 unspecified atom stereocenters. The van der Waals surface area contributed by atoms with Gasteiger partial charge in [0.05, 0.1) is 10.0 Å². The average molecular weight is 366 g/mol. The minimum absolute atomic E-state index is 0.0502. The second kappa shape index (κ2) is 6.62. The lowest BCUT2D eigenvalue weighted by molar-refractivity contribution is 0.0966. The van der Waals surface area contributed by atoms with Gasteiger partial charge in [0.2, 0.25) is 5.89 Å². The molecule has 1 aromatic carbocycles. The van der Waals surface area contributed by atoms with E-state index in [9.17, 15) is 4.79 Å². The van der Waals surface area contributed by atoms with E-state index in [2.05, 4.69) is 10.1 Å². The van der Waals surface area contributed by atoms with Crippen molar-refractivity contribution in [1.29, 1.82) is 0 Å². The molecule has 8 heteroatoms. The van der Waals surface area contributed by atoms with Crippen LogP contribution in [0.5, 0.6) is 0 Å². The maximum Gasteiger partial charge on any atom is 0.287 e. The van der Waals surface area contributed by atoms with Crippen LogP contribution in [0, 0.1) is 4.84 Å². The smallest absolute Gasteiger partial charge is 0.287 e. The molecule has 0 saturated carbocycles. The third kappa shape index (κ3) is 3.50. The molecule has 116 valence electrons. The molecule has 2 heterocycles. The van der Waals surface area contributed by atoms with Crippen LogP contribution in [0.25, 0.3) is 11.5 Å². The highest BCUT2D eigenvalue weighted by molar-refractivity contribution is 7.71. The summed E-state index contributed by atoms with van der Waals surface area (Å²) < 4.78 is 6.75. The van der Waals surface area contributed by atoms with Gasteiger partial charge in [-0.05, 0) is 42.5 Å². The van der Waals surface area contributed by atoms with Gasteiger partial charge in [0.25, 0.3) is 4.84 Å². The first-order chi connectivity index (χ1) is 11.0. The van der Waals surface area contributed by atoms with E-state index in [1.54, 1.807) is 36.7 Å². The van der Waals surface area contributed by atoms with Crippen molar-refractivity contribution < 1.29 is 9.21 Å². The lowest BCUT2D eigenvalue weighted by atomic mass is 10.1. The Morgan fingerprint density at radius 2 is 1.91 bits per heavy atom. The molecule has 0 N–H and O–H groups in total. The minimum atomic E-state index is -0.200.